The van der Waals surface area contributed by atoms with Crippen molar-refractivity contribution in [3.05, 3.63) is 54.1 Å². The summed E-state index contributed by atoms with van der Waals surface area (Å²) in [5.74, 6) is 0.848. The van der Waals surface area contributed by atoms with Gasteiger partial charge < -0.3 is 19.5 Å². The summed E-state index contributed by atoms with van der Waals surface area (Å²) in [5, 5.41) is 3.21. The van der Waals surface area contributed by atoms with Crippen molar-refractivity contribution in [2.75, 3.05) is 37.3 Å². The van der Waals surface area contributed by atoms with Crippen molar-refractivity contribution < 1.29 is 9.47 Å². The Kier molecular flexibility index (Phi) is 6.03. The van der Waals surface area contributed by atoms with E-state index in [-0.39, 0.29) is 0 Å². The standard InChI is InChI=1S/C18H22N4O2S/c1-22(2)25-21-15-8-9-17-14(12-15)13-24-18(20-17)19-10-11-23-16-6-4-3-5-7-16/h3-9,12,21H,10-11,13H2,1-2H3,(H,19,20). The molecule has 6 nitrogen and oxygen atoms in total. The van der Waals surface area contributed by atoms with Crippen LogP contribution in [0.15, 0.2) is 53.5 Å². The van der Waals surface area contributed by atoms with E-state index in [1.165, 1.54) is 12.1 Å². The van der Waals surface area contributed by atoms with Gasteiger partial charge in [-0.1, -0.05) is 18.2 Å². The lowest BCUT2D eigenvalue weighted by molar-refractivity contribution is 0.280. The second-order valence-electron chi connectivity index (χ2n) is 5.64. The van der Waals surface area contributed by atoms with Gasteiger partial charge in [0.1, 0.15) is 19.0 Å². The number of rotatable bonds is 7. The van der Waals surface area contributed by atoms with Crippen LogP contribution in [0.2, 0.25) is 0 Å². The lowest BCUT2D eigenvalue weighted by atomic mass is 10.1. The van der Waals surface area contributed by atoms with E-state index in [1.54, 1.807) is 0 Å². The molecular weight excluding hydrogens is 336 g/mol. The zero-order valence-corrected chi connectivity index (χ0v) is 15.2. The van der Waals surface area contributed by atoms with Crippen LogP contribution in [0.25, 0.3) is 0 Å². The number of hydrogen-bond acceptors (Lipinski definition) is 6. The summed E-state index contributed by atoms with van der Waals surface area (Å²) in [6.07, 6.45) is 0. The van der Waals surface area contributed by atoms with Gasteiger partial charge in [-0.15, -0.1) is 0 Å². The number of nitrogens with one attached hydrogen (secondary N) is 2. The van der Waals surface area contributed by atoms with Crippen molar-refractivity contribution >= 4 is 29.5 Å². The minimum Gasteiger partial charge on any atom is -0.492 e. The molecule has 0 atom stereocenters. The topological polar surface area (TPSA) is 58.1 Å². The highest BCUT2D eigenvalue weighted by molar-refractivity contribution is 7.98. The van der Waals surface area contributed by atoms with Gasteiger partial charge in [-0.25, -0.2) is 9.30 Å². The molecule has 0 amide bonds. The number of amidine groups is 1. The van der Waals surface area contributed by atoms with Crippen LogP contribution in [0.4, 0.5) is 11.4 Å². The number of hydrogen-bond donors (Lipinski definition) is 2. The Hall–Kier alpha value is -2.38. The molecule has 0 saturated heterocycles. The van der Waals surface area contributed by atoms with E-state index in [2.05, 4.69) is 21.1 Å². The van der Waals surface area contributed by atoms with Gasteiger partial charge in [0.05, 0.1) is 6.54 Å². The van der Waals surface area contributed by atoms with Gasteiger partial charge in [0, 0.05) is 29.1 Å². The number of para-hydroxylation sites is 1. The molecule has 1 aliphatic rings. The summed E-state index contributed by atoms with van der Waals surface area (Å²) in [7, 11) is 3.98. The van der Waals surface area contributed by atoms with Crippen LogP contribution >= 0.6 is 12.1 Å². The van der Waals surface area contributed by atoms with Crippen LogP contribution in [-0.4, -0.2) is 37.6 Å². The van der Waals surface area contributed by atoms with Crippen molar-refractivity contribution in [2.45, 2.75) is 6.61 Å². The van der Waals surface area contributed by atoms with E-state index >= 15 is 0 Å². The fraction of sp³-hybridized carbons (Fsp3) is 0.278. The predicted octanol–water partition coefficient (Wildman–Crippen LogP) is 3.60. The largest absolute Gasteiger partial charge is 0.492 e. The molecule has 2 aromatic rings. The van der Waals surface area contributed by atoms with E-state index in [1.807, 2.05) is 60.9 Å². The van der Waals surface area contributed by atoms with Gasteiger partial charge in [0.2, 0.25) is 0 Å². The first-order chi connectivity index (χ1) is 12.2. The molecule has 132 valence electrons. The normalized spacial score (nSPS) is 14.6. The Bertz CT molecular complexity index is 722. The monoisotopic (exact) mass is 358 g/mol. The van der Waals surface area contributed by atoms with Gasteiger partial charge in [0.25, 0.3) is 6.02 Å². The lowest BCUT2D eigenvalue weighted by Crippen LogP contribution is -2.23. The summed E-state index contributed by atoms with van der Waals surface area (Å²) < 4.78 is 16.6. The number of anilines is 2. The summed E-state index contributed by atoms with van der Waals surface area (Å²) in [4.78, 5) is 4.41. The highest BCUT2D eigenvalue weighted by atomic mass is 32.2. The van der Waals surface area contributed by atoms with Gasteiger partial charge >= 0.3 is 0 Å². The molecule has 0 unspecified atom stereocenters. The Morgan fingerprint density at radius 3 is 2.88 bits per heavy atom. The molecule has 0 fully saturated rings. The average Bonchev–Trinajstić information content (AvgIpc) is 2.64. The fourth-order valence-electron chi connectivity index (χ4n) is 2.25. The summed E-state index contributed by atoms with van der Waals surface area (Å²) in [5.41, 5.74) is 3.16. The maximum absolute atomic E-state index is 5.68. The highest BCUT2D eigenvalue weighted by Crippen LogP contribution is 2.26. The molecule has 3 rings (SSSR count). The summed E-state index contributed by atoms with van der Waals surface area (Å²) in [6, 6.07) is 16.4. The average molecular weight is 358 g/mol. The smallest absolute Gasteiger partial charge is 0.289 e. The first-order valence-electron chi connectivity index (χ1n) is 8.06. The van der Waals surface area contributed by atoms with Gasteiger partial charge in [-0.05, 0) is 44.4 Å². The van der Waals surface area contributed by atoms with E-state index in [0.29, 0.717) is 25.8 Å². The second kappa shape index (κ2) is 8.64. The van der Waals surface area contributed by atoms with Crippen LogP contribution in [0.1, 0.15) is 5.56 Å². The molecule has 25 heavy (non-hydrogen) atoms. The molecule has 0 bridgehead atoms. The van der Waals surface area contributed by atoms with E-state index < -0.39 is 0 Å². The number of ether oxygens (including phenoxy) is 2. The number of fused-ring (bicyclic) bond motifs is 1. The van der Waals surface area contributed by atoms with E-state index in [0.717, 1.165) is 22.7 Å². The SMILES string of the molecule is CN(C)SNc1ccc2c(c1)COC(=NCCOc1ccccc1)N2. The molecule has 1 aliphatic heterocycles. The molecule has 0 saturated carbocycles. The molecular formula is C18H22N4O2S. The number of benzene rings is 2. The Morgan fingerprint density at radius 1 is 1.24 bits per heavy atom. The predicted molar refractivity (Wildman–Crippen MR) is 104 cm³/mol. The van der Waals surface area contributed by atoms with Gasteiger partial charge in [0.15, 0.2) is 0 Å². The molecule has 7 heteroatoms. The lowest BCUT2D eigenvalue weighted by Gasteiger charge is -2.21. The van der Waals surface area contributed by atoms with Crippen molar-refractivity contribution in [1.29, 1.82) is 0 Å². The van der Waals surface area contributed by atoms with Crippen LogP contribution in [0.5, 0.6) is 5.75 Å². The highest BCUT2D eigenvalue weighted by Gasteiger charge is 2.14. The minimum absolute atomic E-state index is 0.503. The van der Waals surface area contributed by atoms with Crippen LogP contribution in [0, 0.1) is 0 Å². The van der Waals surface area contributed by atoms with Crippen LogP contribution in [-0.2, 0) is 11.3 Å². The molecule has 0 aromatic heterocycles. The first kappa shape index (κ1) is 17.4. The maximum atomic E-state index is 5.68. The third-order valence-electron chi connectivity index (χ3n) is 3.42. The number of aliphatic imine (C=N–C) groups is 1. The van der Waals surface area contributed by atoms with E-state index in [9.17, 15) is 0 Å². The Balaban J connectivity index is 1.50. The molecule has 2 N–H and O–H groups in total. The summed E-state index contributed by atoms with van der Waals surface area (Å²) in [6.45, 7) is 1.55. The number of nitrogens with zero attached hydrogens (tertiary/aromatic N) is 2. The third kappa shape index (κ3) is 5.30. The molecule has 0 radical (unpaired) electrons. The summed E-state index contributed by atoms with van der Waals surface area (Å²) >= 11 is 1.53. The van der Waals surface area contributed by atoms with Crippen molar-refractivity contribution in [2.24, 2.45) is 4.99 Å². The van der Waals surface area contributed by atoms with Crippen molar-refractivity contribution in [3.63, 3.8) is 0 Å². The molecule has 0 aliphatic carbocycles. The fourth-order valence-corrected chi connectivity index (χ4v) is 2.67. The Labute approximate surface area is 152 Å². The molecule has 2 aromatic carbocycles. The zero-order chi connectivity index (χ0) is 17.5. The van der Waals surface area contributed by atoms with Gasteiger partial charge in [-0.2, -0.15) is 0 Å². The third-order valence-corrected chi connectivity index (χ3v) is 4.11. The van der Waals surface area contributed by atoms with Crippen LogP contribution in [0.3, 0.4) is 0 Å². The Morgan fingerprint density at radius 2 is 2.08 bits per heavy atom. The first-order valence-corrected chi connectivity index (χ1v) is 8.83. The maximum Gasteiger partial charge on any atom is 0.289 e. The van der Waals surface area contributed by atoms with Crippen molar-refractivity contribution in [1.82, 2.24) is 4.31 Å². The van der Waals surface area contributed by atoms with Crippen LogP contribution < -0.4 is 14.8 Å². The quantitative estimate of drug-likeness (QED) is 0.583. The molecule has 0 spiro atoms. The minimum atomic E-state index is 0.503. The molecule has 1 heterocycles. The second-order valence-corrected chi connectivity index (χ2v) is 6.76. The zero-order valence-electron chi connectivity index (χ0n) is 14.4. The van der Waals surface area contributed by atoms with Crippen molar-refractivity contribution in [3.8, 4) is 5.75 Å². The van der Waals surface area contributed by atoms with Gasteiger partial charge in [-0.3, -0.25) is 0 Å². The van der Waals surface area contributed by atoms with E-state index in [4.69, 9.17) is 9.47 Å².